The van der Waals surface area contributed by atoms with Gasteiger partial charge in [-0.05, 0) is 29.7 Å². The van der Waals surface area contributed by atoms with E-state index in [-0.39, 0.29) is 11.4 Å². The molecule has 2 aromatic carbocycles. The first-order valence-corrected chi connectivity index (χ1v) is 8.87. The van der Waals surface area contributed by atoms with Crippen LogP contribution in [0.1, 0.15) is 5.56 Å². The second-order valence-electron chi connectivity index (χ2n) is 5.82. The lowest BCUT2D eigenvalue weighted by atomic mass is 10.1. The minimum Gasteiger partial charge on any atom is -0.298 e. The highest BCUT2D eigenvalue weighted by molar-refractivity contribution is 7.17. The number of hydrogen-bond donors (Lipinski definition) is 0. The van der Waals surface area contributed by atoms with Crippen LogP contribution in [-0.4, -0.2) is 9.55 Å². The largest absolute Gasteiger partial charge is 0.298 e. The van der Waals surface area contributed by atoms with Crippen molar-refractivity contribution in [2.45, 2.75) is 13.0 Å². The fourth-order valence-corrected chi connectivity index (χ4v) is 3.77. The van der Waals surface area contributed by atoms with E-state index < -0.39 is 0 Å². The number of thiophene rings is 1. The summed E-state index contributed by atoms with van der Waals surface area (Å²) < 4.78 is 14.8. The summed E-state index contributed by atoms with van der Waals surface area (Å²) in [6.45, 7) is 0.574. The van der Waals surface area contributed by atoms with Crippen molar-refractivity contribution in [2.24, 2.45) is 0 Å². The predicted molar refractivity (Wildman–Crippen MR) is 99.4 cm³/mol. The molecule has 5 heteroatoms. The first-order chi connectivity index (χ1) is 12.2. The third kappa shape index (κ3) is 3.10. The predicted octanol–water partition coefficient (Wildman–Crippen LogP) is 4.51. The molecule has 4 rings (SSSR count). The van der Waals surface area contributed by atoms with Gasteiger partial charge < -0.3 is 0 Å². The van der Waals surface area contributed by atoms with Crippen molar-refractivity contribution in [1.29, 1.82) is 0 Å². The molecule has 0 aliphatic heterocycles. The summed E-state index contributed by atoms with van der Waals surface area (Å²) in [5.74, 6) is -0.290. The van der Waals surface area contributed by atoms with Gasteiger partial charge in [0.05, 0.1) is 11.7 Å². The van der Waals surface area contributed by atoms with Gasteiger partial charge in [0.25, 0.3) is 5.56 Å². The summed E-state index contributed by atoms with van der Waals surface area (Å²) in [7, 11) is 0. The topological polar surface area (TPSA) is 34.9 Å². The normalized spacial score (nSPS) is 11.1. The van der Waals surface area contributed by atoms with E-state index in [0.29, 0.717) is 16.8 Å². The SMILES string of the molecule is O=c1c2c(-c3ccc(F)cc3)csc2ncn1CCc1ccccc1. The van der Waals surface area contributed by atoms with Crippen LogP contribution in [0.5, 0.6) is 0 Å². The highest BCUT2D eigenvalue weighted by Crippen LogP contribution is 2.30. The summed E-state index contributed by atoms with van der Waals surface area (Å²) in [6.07, 6.45) is 2.38. The summed E-state index contributed by atoms with van der Waals surface area (Å²) in [6, 6.07) is 16.2. The Morgan fingerprint density at radius 3 is 2.56 bits per heavy atom. The van der Waals surface area contributed by atoms with Crippen LogP contribution in [0.4, 0.5) is 4.39 Å². The third-order valence-electron chi connectivity index (χ3n) is 4.20. The Balaban J connectivity index is 1.73. The maximum absolute atomic E-state index is 13.2. The Morgan fingerprint density at radius 1 is 1.04 bits per heavy atom. The van der Waals surface area contributed by atoms with Crippen molar-refractivity contribution in [3.8, 4) is 11.1 Å². The van der Waals surface area contributed by atoms with Crippen molar-refractivity contribution in [3.05, 3.63) is 88.0 Å². The van der Waals surface area contributed by atoms with E-state index in [9.17, 15) is 9.18 Å². The molecule has 0 radical (unpaired) electrons. The summed E-state index contributed by atoms with van der Waals surface area (Å²) >= 11 is 1.43. The zero-order valence-electron chi connectivity index (χ0n) is 13.4. The molecule has 0 unspecified atom stereocenters. The van der Waals surface area contributed by atoms with Crippen LogP contribution in [0.15, 0.2) is 71.1 Å². The first-order valence-electron chi connectivity index (χ1n) is 7.99. The minimum atomic E-state index is -0.290. The molecule has 0 atom stereocenters. The van der Waals surface area contributed by atoms with Crippen LogP contribution in [-0.2, 0) is 13.0 Å². The van der Waals surface area contributed by atoms with Gasteiger partial charge in [-0.2, -0.15) is 0 Å². The Labute approximate surface area is 148 Å². The van der Waals surface area contributed by atoms with Gasteiger partial charge in [0.2, 0.25) is 0 Å². The van der Waals surface area contributed by atoms with E-state index in [2.05, 4.69) is 4.98 Å². The average molecular weight is 350 g/mol. The molecule has 2 aromatic heterocycles. The quantitative estimate of drug-likeness (QED) is 0.543. The molecule has 2 heterocycles. The van der Waals surface area contributed by atoms with Gasteiger partial charge in [-0.3, -0.25) is 9.36 Å². The van der Waals surface area contributed by atoms with Gasteiger partial charge in [0, 0.05) is 17.5 Å². The van der Waals surface area contributed by atoms with Crippen LogP contribution >= 0.6 is 11.3 Å². The molecule has 25 heavy (non-hydrogen) atoms. The second kappa shape index (κ2) is 6.61. The van der Waals surface area contributed by atoms with Crippen molar-refractivity contribution in [1.82, 2.24) is 9.55 Å². The molecular weight excluding hydrogens is 335 g/mol. The molecule has 0 aliphatic rings. The van der Waals surface area contributed by atoms with E-state index in [4.69, 9.17) is 0 Å². The van der Waals surface area contributed by atoms with Gasteiger partial charge in [-0.1, -0.05) is 42.5 Å². The molecule has 0 spiro atoms. The number of aromatic nitrogens is 2. The summed E-state index contributed by atoms with van der Waals surface area (Å²) in [4.78, 5) is 18.1. The zero-order chi connectivity index (χ0) is 17.2. The van der Waals surface area contributed by atoms with E-state index >= 15 is 0 Å². The maximum Gasteiger partial charge on any atom is 0.262 e. The van der Waals surface area contributed by atoms with Crippen LogP contribution in [0, 0.1) is 5.82 Å². The lowest BCUT2D eigenvalue weighted by molar-refractivity contribution is 0.628. The summed E-state index contributed by atoms with van der Waals surface area (Å²) in [5.41, 5.74) is 2.76. The van der Waals surface area contributed by atoms with Crippen LogP contribution in [0.25, 0.3) is 21.3 Å². The number of fused-ring (bicyclic) bond motifs is 1. The van der Waals surface area contributed by atoms with Crippen molar-refractivity contribution in [2.75, 3.05) is 0 Å². The fraction of sp³-hybridized carbons (Fsp3) is 0.100. The molecule has 124 valence electrons. The molecule has 0 N–H and O–H groups in total. The molecule has 4 aromatic rings. The van der Waals surface area contributed by atoms with E-state index in [0.717, 1.165) is 17.5 Å². The fourth-order valence-electron chi connectivity index (χ4n) is 2.86. The van der Waals surface area contributed by atoms with Crippen molar-refractivity contribution < 1.29 is 4.39 Å². The van der Waals surface area contributed by atoms with Crippen molar-refractivity contribution in [3.63, 3.8) is 0 Å². The van der Waals surface area contributed by atoms with E-state index in [1.807, 2.05) is 35.7 Å². The monoisotopic (exact) mass is 350 g/mol. The molecule has 3 nitrogen and oxygen atoms in total. The van der Waals surface area contributed by atoms with Gasteiger partial charge >= 0.3 is 0 Å². The Morgan fingerprint density at radius 2 is 1.80 bits per heavy atom. The van der Waals surface area contributed by atoms with Gasteiger partial charge in [0.1, 0.15) is 10.6 Å². The highest BCUT2D eigenvalue weighted by atomic mass is 32.1. The molecule has 0 aliphatic carbocycles. The molecule has 0 saturated heterocycles. The number of nitrogens with zero attached hydrogens (tertiary/aromatic N) is 2. The van der Waals surface area contributed by atoms with Crippen LogP contribution < -0.4 is 5.56 Å². The van der Waals surface area contributed by atoms with E-state index in [1.54, 1.807) is 23.0 Å². The molecule has 0 bridgehead atoms. The number of rotatable bonds is 4. The Bertz CT molecular complexity index is 1070. The molecular formula is C20H15FN2OS. The smallest absolute Gasteiger partial charge is 0.262 e. The second-order valence-corrected chi connectivity index (χ2v) is 6.67. The lowest BCUT2D eigenvalue weighted by Gasteiger charge is -2.06. The summed E-state index contributed by atoms with van der Waals surface area (Å²) in [5, 5.41) is 2.51. The van der Waals surface area contributed by atoms with Crippen molar-refractivity contribution >= 4 is 21.6 Å². The third-order valence-corrected chi connectivity index (χ3v) is 5.09. The lowest BCUT2D eigenvalue weighted by Crippen LogP contribution is -2.21. The Hall–Kier alpha value is -2.79. The van der Waals surface area contributed by atoms with Gasteiger partial charge in [-0.15, -0.1) is 11.3 Å². The molecule has 0 saturated carbocycles. The number of hydrogen-bond acceptors (Lipinski definition) is 3. The minimum absolute atomic E-state index is 0.0542. The average Bonchev–Trinajstić information content (AvgIpc) is 3.08. The molecule has 0 amide bonds. The molecule has 0 fully saturated rings. The van der Waals surface area contributed by atoms with Gasteiger partial charge in [-0.25, -0.2) is 9.37 Å². The number of aryl methyl sites for hydroxylation is 2. The Kier molecular flexibility index (Phi) is 4.15. The maximum atomic E-state index is 13.2. The number of halogens is 1. The zero-order valence-corrected chi connectivity index (χ0v) is 14.2. The van der Waals surface area contributed by atoms with Crippen LogP contribution in [0.3, 0.4) is 0 Å². The standard InChI is InChI=1S/C20H15FN2OS/c21-16-8-6-15(7-9-16)17-12-25-19-18(17)20(24)23(13-22-19)11-10-14-4-2-1-3-5-14/h1-9,12-13H,10-11H2. The number of benzene rings is 2. The van der Waals surface area contributed by atoms with Gasteiger partial charge in [0.15, 0.2) is 0 Å². The first kappa shape index (κ1) is 15.7. The van der Waals surface area contributed by atoms with E-state index in [1.165, 1.54) is 29.0 Å². The van der Waals surface area contributed by atoms with Crippen LogP contribution in [0.2, 0.25) is 0 Å². The highest BCUT2D eigenvalue weighted by Gasteiger charge is 2.13.